The van der Waals surface area contributed by atoms with E-state index in [1.54, 1.807) is 12.1 Å². The third kappa shape index (κ3) is 1.11. The first-order valence-electron chi connectivity index (χ1n) is 4.20. The number of alkyl halides is 1. The van der Waals surface area contributed by atoms with E-state index >= 15 is 0 Å². The monoisotopic (exact) mass is 168 g/mol. The van der Waals surface area contributed by atoms with E-state index in [1.165, 1.54) is 6.07 Å². The molecule has 0 bridgehead atoms. The molecule has 0 saturated heterocycles. The van der Waals surface area contributed by atoms with Crippen molar-refractivity contribution >= 4 is 0 Å². The van der Waals surface area contributed by atoms with Gasteiger partial charge < -0.3 is 0 Å². The number of benzene rings is 1. The van der Waals surface area contributed by atoms with Crippen molar-refractivity contribution in [1.82, 2.24) is 0 Å². The quantitative estimate of drug-likeness (QED) is 0.558. The van der Waals surface area contributed by atoms with Crippen molar-refractivity contribution in [2.75, 3.05) is 0 Å². The molecule has 1 atom stereocenters. The highest BCUT2D eigenvalue weighted by molar-refractivity contribution is 5.32. The van der Waals surface area contributed by atoms with E-state index in [4.69, 9.17) is 0 Å². The van der Waals surface area contributed by atoms with Crippen LogP contribution >= 0.6 is 0 Å². The maximum atomic E-state index is 13.2. The summed E-state index contributed by atoms with van der Waals surface area (Å²) < 4.78 is 26.3. The summed E-state index contributed by atoms with van der Waals surface area (Å²) >= 11 is 0. The van der Waals surface area contributed by atoms with E-state index < -0.39 is 6.17 Å². The molecular formula is C10H10F2. The van der Waals surface area contributed by atoms with Crippen LogP contribution in [0.15, 0.2) is 18.2 Å². The molecule has 64 valence electrons. The van der Waals surface area contributed by atoms with Crippen molar-refractivity contribution in [3.05, 3.63) is 35.1 Å². The van der Waals surface area contributed by atoms with Gasteiger partial charge in [-0.15, -0.1) is 0 Å². The largest absolute Gasteiger partial charge is 0.242 e. The Labute approximate surface area is 70.2 Å². The average molecular weight is 168 g/mol. The van der Waals surface area contributed by atoms with Gasteiger partial charge in [0.1, 0.15) is 12.0 Å². The first-order chi connectivity index (χ1) is 5.79. The summed E-state index contributed by atoms with van der Waals surface area (Å²) in [5.74, 6) is -0.255. The van der Waals surface area contributed by atoms with E-state index in [0.717, 1.165) is 6.42 Å². The SMILES string of the molecule is Fc1cccc2c1CCCC2F. The molecule has 1 unspecified atom stereocenters. The van der Waals surface area contributed by atoms with Gasteiger partial charge in [0.2, 0.25) is 0 Å². The molecule has 1 aliphatic carbocycles. The molecule has 0 fully saturated rings. The molecule has 1 aromatic carbocycles. The highest BCUT2D eigenvalue weighted by Gasteiger charge is 2.21. The van der Waals surface area contributed by atoms with Gasteiger partial charge in [-0.3, -0.25) is 0 Å². The van der Waals surface area contributed by atoms with Crippen molar-refractivity contribution in [1.29, 1.82) is 0 Å². The van der Waals surface area contributed by atoms with E-state index in [2.05, 4.69) is 0 Å². The zero-order valence-corrected chi connectivity index (χ0v) is 6.69. The molecule has 1 aliphatic rings. The van der Waals surface area contributed by atoms with Gasteiger partial charge in [0.15, 0.2) is 0 Å². The number of hydrogen-bond donors (Lipinski definition) is 0. The van der Waals surface area contributed by atoms with Crippen LogP contribution in [0.2, 0.25) is 0 Å². The molecule has 0 aromatic heterocycles. The predicted octanol–water partition coefficient (Wildman–Crippen LogP) is 3.17. The average Bonchev–Trinajstić information content (AvgIpc) is 2.07. The summed E-state index contributed by atoms with van der Waals surface area (Å²) in [5.41, 5.74) is 1.14. The summed E-state index contributed by atoms with van der Waals surface area (Å²) in [6.07, 6.45) is 1.03. The number of halogens is 2. The summed E-state index contributed by atoms with van der Waals surface area (Å²) in [4.78, 5) is 0. The van der Waals surface area contributed by atoms with Crippen molar-refractivity contribution < 1.29 is 8.78 Å². The molecule has 2 heteroatoms. The fourth-order valence-corrected chi connectivity index (χ4v) is 1.75. The second-order valence-electron chi connectivity index (χ2n) is 3.17. The van der Waals surface area contributed by atoms with Crippen molar-refractivity contribution in [2.45, 2.75) is 25.4 Å². The molecule has 0 nitrogen and oxygen atoms in total. The molecule has 0 N–H and O–H groups in total. The Bertz CT molecular complexity index is 294. The first-order valence-corrected chi connectivity index (χ1v) is 4.20. The molecule has 2 rings (SSSR count). The van der Waals surface area contributed by atoms with Gasteiger partial charge in [-0.1, -0.05) is 12.1 Å². The fourth-order valence-electron chi connectivity index (χ4n) is 1.75. The Morgan fingerprint density at radius 1 is 1.33 bits per heavy atom. The minimum atomic E-state index is -0.954. The molecular weight excluding hydrogens is 158 g/mol. The highest BCUT2D eigenvalue weighted by Crippen LogP contribution is 2.33. The molecule has 0 saturated carbocycles. The Morgan fingerprint density at radius 3 is 2.92 bits per heavy atom. The van der Waals surface area contributed by atoms with Crippen LogP contribution in [0.4, 0.5) is 8.78 Å². The van der Waals surface area contributed by atoms with Crippen LogP contribution in [0, 0.1) is 5.82 Å². The molecule has 0 spiro atoms. The minimum absolute atomic E-state index is 0.255. The van der Waals surface area contributed by atoms with E-state index in [0.29, 0.717) is 24.0 Å². The van der Waals surface area contributed by atoms with Gasteiger partial charge in [0, 0.05) is 0 Å². The van der Waals surface area contributed by atoms with Gasteiger partial charge in [0.25, 0.3) is 0 Å². The Balaban J connectivity index is 2.52. The van der Waals surface area contributed by atoms with Crippen molar-refractivity contribution in [2.24, 2.45) is 0 Å². The van der Waals surface area contributed by atoms with Crippen molar-refractivity contribution in [3.8, 4) is 0 Å². The Kier molecular flexibility index (Phi) is 1.83. The van der Waals surface area contributed by atoms with Crippen LogP contribution in [-0.2, 0) is 6.42 Å². The topological polar surface area (TPSA) is 0 Å². The lowest BCUT2D eigenvalue weighted by molar-refractivity contribution is 0.299. The summed E-state index contributed by atoms with van der Waals surface area (Å²) in [6.45, 7) is 0. The van der Waals surface area contributed by atoms with Crippen LogP contribution < -0.4 is 0 Å². The maximum Gasteiger partial charge on any atom is 0.126 e. The van der Waals surface area contributed by atoms with Gasteiger partial charge in [-0.2, -0.15) is 0 Å². The smallest absolute Gasteiger partial charge is 0.126 e. The lowest BCUT2D eigenvalue weighted by Crippen LogP contribution is -2.07. The van der Waals surface area contributed by atoms with Crippen molar-refractivity contribution in [3.63, 3.8) is 0 Å². The molecule has 0 aliphatic heterocycles. The van der Waals surface area contributed by atoms with Gasteiger partial charge in [0.05, 0.1) is 0 Å². The van der Waals surface area contributed by atoms with Crippen LogP contribution in [-0.4, -0.2) is 0 Å². The zero-order valence-electron chi connectivity index (χ0n) is 6.69. The molecule has 1 aromatic rings. The Hall–Kier alpha value is -0.920. The zero-order chi connectivity index (χ0) is 8.55. The van der Waals surface area contributed by atoms with Crippen LogP contribution in [0.1, 0.15) is 30.1 Å². The number of fused-ring (bicyclic) bond motifs is 1. The standard InChI is InChI=1S/C10H10F2/c11-9-5-1-3-7-8(9)4-2-6-10(7)12/h1,3,5,10H,2,4,6H2. The lowest BCUT2D eigenvalue weighted by Gasteiger charge is -2.19. The molecule has 0 amide bonds. The predicted molar refractivity (Wildman–Crippen MR) is 43.2 cm³/mol. The van der Waals surface area contributed by atoms with Gasteiger partial charge >= 0.3 is 0 Å². The molecule has 0 heterocycles. The third-order valence-corrected chi connectivity index (χ3v) is 2.38. The van der Waals surface area contributed by atoms with Crippen LogP contribution in [0.3, 0.4) is 0 Å². The van der Waals surface area contributed by atoms with Gasteiger partial charge in [-0.25, -0.2) is 8.78 Å². The summed E-state index contributed by atoms with van der Waals surface area (Å²) in [6, 6.07) is 4.66. The second-order valence-corrected chi connectivity index (χ2v) is 3.17. The molecule has 0 radical (unpaired) electrons. The summed E-state index contributed by atoms with van der Waals surface area (Å²) in [5, 5.41) is 0. The van der Waals surface area contributed by atoms with E-state index in [9.17, 15) is 8.78 Å². The minimum Gasteiger partial charge on any atom is -0.242 e. The number of rotatable bonds is 0. The van der Waals surface area contributed by atoms with E-state index in [1.807, 2.05) is 0 Å². The van der Waals surface area contributed by atoms with Gasteiger partial charge in [-0.05, 0) is 36.5 Å². The maximum absolute atomic E-state index is 13.2. The van der Waals surface area contributed by atoms with Crippen LogP contribution in [0.25, 0.3) is 0 Å². The lowest BCUT2D eigenvalue weighted by atomic mass is 9.90. The molecule has 12 heavy (non-hydrogen) atoms. The normalized spacial score (nSPS) is 22.0. The Morgan fingerprint density at radius 2 is 2.17 bits per heavy atom. The fraction of sp³-hybridized carbons (Fsp3) is 0.400. The third-order valence-electron chi connectivity index (χ3n) is 2.38. The highest BCUT2D eigenvalue weighted by atomic mass is 19.1. The van der Waals surface area contributed by atoms with Crippen LogP contribution in [0.5, 0.6) is 0 Å². The second kappa shape index (κ2) is 2.85. The number of hydrogen-bond acceptors (Lipinski definition) is 0. The summed E-state index contributed by atoms with van der Waals surface area (Å²) in [7, 11) is 0. The van der Waals surface area contributed by atoms with E-state index in [-0.39, 0.29) is 5.82 Å². The first kappa shape index (κ1) is 7.71.